The van der Waals surface area contributed by atoms with E-state index in [1.807, 2.05) is 65.2 Å². The number of nitrogens with zero attached hydrogens (tertiary/aromatic N) is 3. The van der Waals surface area contributed by atoms with Gasteiger partial charge in [0.15, 0.2) is 4.80 Å². The Hall–Kier alpha value is -5.37. The summed E-state index contributed by atoms with van der Waals surface area (Å²) in [7, 11) is 0. The number of hydrogen-bond donors (Lipinski definition) is 0. The zero-order chi connectivity index (χ0) is 33.8. The van der Waals surface area contributed by atoms with Crippen LogP contribution in [0.25, 0.3) is 40.0 Å². The van der Waals surface area contributed by atoms with Crippen LogP contribution in [0.2, 0.25) is 0 Å². The lowest BCUT2D eigenvalue weighted by Crippen LogP contribution is -2.38. The van der Waals surface area contributed by atoms with Gasteiger partial charge in [-0.2, -0.15) is 0 Å². The van der Waals surface area contributed by atoms with Gasteiger partial charge < -0.3 is 4.57 Å². The fraction of sp³-hybridized carbons (Fsp3) is 0.0698. The first-order chi connectivity index (χ1) is 24.5. The van der Waals surface area contributed by atoms with Gasteiger partial charge in [0.25, 0.3) is 5.56 Å². The molecule has 1 aliphatic carbocycles. The maximum Gasteiger partial charge on any atom is 0.271 e. The number of aromatic nitrogens is 2. The second-order valence-electron chi connectivity index (χ2n) is 12.5. The summed E-state index contributed by atoms with van der Waals surface area (Å²) in [6.07, 6.45) is 3.65. The summed E-state index contributed by atoms with van der Waals surface area (Å²) in [6.45, 7) is 0. The van der Waals surface area contributed by atoms with Crippen LogP contribution in [0.5, 0.6) is 0 Å². The van der Waals surface area contributed by atoms with Crippen molar-refractivity contribution in [1.82, 2.24) is 9.13 Å². The van der Waals surface area contributed by atoms with Crippen LogP contribution in [0.4, 0.5) is 4.39 Å². The normalized spacial score (nSPS) is 15.3. The minimum Gasteiger partial charge on any atom is -0.309 e. The summed E-state index contributed by atoms with van der Waals surface area (Å²) in [4.78, 5) is 20.5. The molecule has 0 unspecified atom stereocenters. The SMILES string of the molecule is O=c1/c(=C\c2cc(-c3ccccc3)n(-c3ccc(Br)cc3)c2-c2ccccc2)sc2n1[C@@H](c1ccc(F)cc1)C1=C(N=2)c2ccccc2CC1. The van der Waals surface area contributed by atoms with E-state index in [1.165, 1.54) is 29.0 Å². The summed E-state index contributed by atoms with van der Waals surface area (Å²) < 4.78 is 19.9. The van der Waals surface area contributed by atoms with Gasteiger partial charge in [0.05, 0.1) is 27.7 Å². The van der Waals surface area contributed by atoms with Crippen molar-refractivity contribution in [3.8, 4) is 28.2 Å². The highest BCUT2D eigenvalue weighted by atomic mass is 79.9. The molecule has 0 saturated heterocycles. The molecule has 4 nitrogen and oxygen atoms in total. The number of allylic oxidation sites excluding steroid dienone is 1. The minimum absolute atomic E-state index is 0.106. The van der Waals surface area contributed by atoms with E-state index in [0.717, 1.165) is 73.5 Å². The summed E-state index contributed by atoms with van der Waals surface area (Å²) in [6, 6.07) is 45.7. The molecule has 7 aromatic rings. The fourth-order valence-corrected chi connectivity index (χ4v) is 8.58. The van der Waals surface area contributed by atoms with Gasteiger partial charge in [-0.25, -0.2) is 9.38 Å². The zero-order valence-corrected chi connectivity index (χ0v) is 29.2. The highest BCUT2D eigenvalue weighted by Gasteiger charge is 2.32. The lowest BCUT2D eigenvalue weighted by molar-refractivity contribution is 0.581. The minimum atomic E-state index is -0.377. The van der Waals surface area contributed by atoms with E-state index in [2.05, 4.69) is 81.2 Å². The van der Waals surface area contributed by atoms with E-state index in [0.29, 0.717) is 9.33 Å². The highest BCUT2D eigenvalue weighted by molar-refractivity contribution is 9.10. The number of hydrogen-bond acceptors (Lipinski definition) is 3. The van der Waals surface area contributed by atoms with Gasteiger partial charge in [0.2, 0.25) is 0 Å². The summed E-state index contributed by atoms with van der Waals surface area (Å²) in [5.41, 5.74) is 11.2. The summed E-state index contributed by atoms with van der Waals surface area (Å²) in [5, 5.41) is 0. The molecule has 0 saturated carbocycles. The molecular formula is C43H29BrFN3OS. The molecule has 0 N–H and O–H groups in total. The summed E-state index contributed by atoms with van der Waals surface area (Å²) >= 11 is 5.01. The number of fused-ring (bicyclic) bond motifs is 3. The lowest BCUT2D eigenvalue weighted by atomic mass is 9.83. The van der Waals surface area contributed by atoms with Crippen LogP contribution in [0.1, 0.15) is 34.7 Å². The molecule has 0 fully saturated rings. The van der Waals surface area contributed by atoms with Gasteiger partial charge >= 0.3 is 0 Å². The third-order valence-electron chi connectivity index (χ3n) is 9.58. The second-order valence-corrected chi connectivity index (χ2v) is 14.5. The monoisotopic (exact) mass is 733 g/mol. The van der Waals surface area contributed by atoms with E-state index in [-0.39, 0.29) is 17.4 Å². The third kappa shape index (κ3) is 5.25. The lowest BCUT2D eigenvalue weighted by Gasteiger charge is -2.30. The van der Waals surface area contributed by atoms with Crippen molar-refractivity contribution in [2.45, 2.75) is 18.9 Å². The average molecular weight is 735 g/mol. The predicted molar refractivity (Wildman–Crippen MR) is 203 cm³/mol. The Bertz CT molecular complexity index is 2620. The Kier molecular flexibility index (Phi) is 7.67. The molecule has 0 bridgehead atoms. The molecular weight excluding hydrogens is 705 g/mol. The van der Waals surface area contributed by atoms with E-state index < -0.39 is 0 Å². The third-order valence-corrected chi connectivity index (χ3v) is 11.1. The first-order valence-corrected chi connectivity index (χ1v) is 18.2. The van der Waals surface area contributed by atoms with Gasteiger partial charge in [0.1, 0.15) is 5.82 Å². The Balaban J connectivity index is 1.32. The molecule has 7 heteroatoms. The van der Waals surface area contributed by atoms with Gasteiger partial charge in [-0.3, -0.25) is 9.36 Å². The maximum absolute atomic E-state index is 14.7. The molecule has 0 radical (unpaired) electrons. The molecule has 1 atom stereocenters. The quantitative estimate of drug-likeness (QED) is 0.174. The molecule has 0 amide bonds. The predicted octanol–water partition coefficient (Wildman–Crippen LogP) is 9.34. The van der Waals surface area contributed by atoms with Crippen molar-refractivity contribution in [3.05, 3.63) is 197 Å². The molecule has 9 rings (SSSR count). The van der Waals surface area contributed by atoms with Gasteiger partial charge in [-0.05, 0) is 89.2 Å². The molecule has 242 valence electrons. The van der Waals surface area contributed by atoms with Crippen LogP contribution in [-0.4, -0.2) is 9.13 Å². The van der Waals surface area contributed by atoms with Crippen LogP contribution in [0.15, 0.2) is 159 Å². The average Bonchev–Trinajstić information content (AvgIpc) is 3.69. The van der Waals surface area contributed by atoms with Gasteiger partial charge in [0, 0.05) is 21.3 Å². The van der Waals surface area contributed by atoms with E-state index in [9.17, 15) is 9.18 Å². The maximum atomic E-state index is 14.7. The van der Waals surface area contributed by atoms with Crippen molar-refractivity contribution in [1.29, 1.82) is 0 Å². The number of rotatable bonds is 5. The number of aryl methyl sites for hydroxylation is 1. The molecule has 1 aliphatic heterocycles. The first-order valence-electron chi connectivity index (χ1n) is 16.5. The Labute approximate surface area is 300 Å². The number of halogens is 2. The van der Waals surface area contributed by atoms with Crippen LogP contribution >= 0.6 is 27.3 Å². The molecule has 2 aliphatic rings. The highest BCUT2D eigenvalue weighted by Crippen LogP contribution is 2.41. The van der Waals surface area contributed by atoms with Crippen LogP contribution in [-0.2, 0) is 6.42 Å². The molecule has 5 aromatic carbocycles. The first kappa shape index (κ1) is 30.7. The molecule has 50 heavy (non-hydrogen) atoms. The van der Waals surface area contributed by atoms with Crippen molar-refractivity contribution in [3.63, 3.8) is 0 Å². The van der Waals surface area contributed by atoms with Crippen molar-refractivity contribution < 1.29 is 4.39 Å². The molecule has 2 aromatic heterocycles. The van der Waals surface area contributed by atoms with Crippen molar-refractivity contribution in [2.24, 2.45) is 4.99 Å². The Morgan fingerprint density at radius 2 is 1.46 bits per heavy atom. The Morgan fingerprint density at radius 1 is 0.780 bits per heavy atom. The fourth-order valence-electron chi connectivity index (χ4n) is 7.32. The molecule has 3 heterocycles. The smallest absolute Gasteiger partial charge is 0.271 e. The van der Waals surface area contributed by atoms with Crippen LogP contribution in [0, 0.1) is 5.82 Å². The standard InChI is InChI=1S/C43H29BrFN3OS/c44-32-18-22-34(23-19-32)47-37(28-10-3-1-4-11-28)25-31(40(47)29-12-5-2-6-13-29)26-38-42(49)48-41(30-15-20-33(45)21-16-30)36-24-17-27-9-7-8-14-35(27)39(36)46-43(48)50-38/h1-16,18-23,25-26,41H,17,24H2/b38-26+/t41-/m0/s1. The Morgan fingerprint density at radius 3 is 2.20 bits per heavy atom. The number of benzene rings is 5. The van der Waals surface area contributed by atoms with E-state index in [1.54, 1.807) is 12.1 Å². The van der Waals surface area contributed by atoms with Crippen molar-refractivity contribution in [2.75, 3.05) is 0 Å². The van der Waals surface area contributed by atoms with E-state index in [4.69, 9.17) is 4.99 Å². The van der Waals surface area contributed by atoms with Crippen molar-refractivity contribution >= 4 is 39.0 Å². The van der Waals surface area contributed by atoms with Gasteiger partial charge in [-0.15, -0.1) is 0 Å². The van der Waals surface area contributed by atoms with E-state index >= 15 is 0 Å². The largest absolute Gasteiger partial charge is 0.309 e. The zero-order valence-electron chi connectivity index (χ0n) is 26.8. The van der Waals surface area contributed by atoms with Gasteiger partial charge in [-0.1, -0.05) is 124 Å². The second kappa shape index (κ2) is 12.5. The summed E-state index contributed by atoms with van der Waals surface area (Å²) in [5.74, 6) is -0.303. The number of thiazole rings is 1. The van der Waals surface area contributed by atoms with Crippen LogP contribution < -0.4 is 14.9 Å². The molecule has 0 spiro atoms. The topological polar surface area (TPSA) is 39.3 Å². The van der Waals surface area contributed by atoms with Crippen LogP contribution in [0.3, 0.4) is 0 Å².